The molecule has 15 heavy (non-hydrogen) atoms. The lowest BCUT2D eigenvalue weighted by Gasteiger charge is -2.25. The van der Waals surface area contributed by atoms with Crippen molar-refractivity contribution < 1.29 is 9.59 Å². The first-order valence-electron chi connectivity index (χ1n) is 5.15. The van der Waals surface area contributed by atoms with Crippen LogP contribution >= 0.6 is 0 Å². The van der Waals surface area contributed by atoms with Gasteiger partial charge in [-0.05, 0) is 30.9 Å². The summed E-state index contributed by atoms with van der Waals surface area (Å²) in [6.07, 6.45) is 8.48. The Balaban J connectivity index is 2.74. The van der Waals surface area contributed by atoms with Crippen molar-refractivity contribution in [3.05, 3.63) is 37.5 Å². The van der Waals surface area contributed by atoms with Crippen LogP contribution in [-0.4, -0.2) is 11.6 Å². The molecular weight excluding hydrogens is 188 g/mol. The van der Waals surface area contributed by atoms with Crippen molar-refractivity contribution in [2.75, 3.05) is 0 Å². The topological polar surface area (TPSA) is 34.1 Å². The molecule has 0 bridgehead atoms. The highest BCUT2D eigenvalue weighted by Crippen LogP contribution is 2.29. The molecule has 1 rings (SSSR count). The second kappa shape index (κ2) is 5.44. The molecule has 80 valence electrons. The average molecular weight is 204 g/mol. The fourth-order valence-corrected chi connectivity index (χ4v) is 1.92. The smallest absolute Gasteiger partial charge is 0.159 e. The van der Waals surface area contributed by atoms with E-state index in [4.69, 9.17) is 0 Å². The number of hydrogen-bond donors (Lipinski definition) is 0. The fourth-order valence-electron chi connectivity index (χ4n) is 1.92. The zero-order valence-electron chi connectivity index (χ0n) is 8.82. The summed E-state index contributed by atoms with van der Waals surface area (Å²) in [6.45, 7) is 7.10. The Morgan fingerprint density at radius 3 is 2.87 bits per heavy atom. The number of carbonyl (C=O) groups is 2. The molecule has 0 aromatic heterocycles. The molecule has 0 radical (unpaired) electrons. The number of hydrogen-bond acceptors (Lipinski definition) is 2. The Kier molecular flexibility index (Phi) is 4.22. The van der Waals surface area contributed by atoms with Crippen molar-refractivity contribution in [1.82, 2.24) is 0 Å². The molecule has 1 aliphatic carbocycles. The van der Waals surface area contributed by atoms with Crippen LogP contribution in [0.2, 0.25) is 0 Å². The van der Waals surface area contributed by atoms with Gasteiger partial charge in [0.2, 0.25) is 0 Å². The first kappa shape index (κ1) is 11.6. The van der Waals surface area contributed by atoms with Crippen molar-refractivity contribution in [3.8, 4) is 0 Å². The summed E-state index contributed by atoms with van der Waals surface area (Å²) in [7, 11) is 0. The summed E-state index contributed by atoms with van der Waals surface area (Å²) in [5, 5.41) is 0. The SMILES string of the molecule is C=CC[C@@H]1CC=CC(=O)C1CC(=O)C=C. The molecule has 1 aliphatic rings. The molecule has 2 heteroatoms. The Bertz CT molecular complexity index is 312. The minimum atomic E-state index is -0.182. The summed E-state index contributed by atoms with van der Waals surface area (Å²) >= 11 is 0. The molecule has 2 atom stereocenters. The summed E-state index contributed by atoms with van der Waals surface area (Å²) in [6, 6.07) is 0. The minimum absolute atomic E-state index is 0.0577. The third-order valence-electron chi connectivity index (χ3n) is 2.77. The van der Waals surface area contributed by atoms with Crippen LogP contribution in [-0.2, 0) is 9.59 Å². The zero-order chi connectivity index (χ0) is 11.3. The lowest BCUT2D eigenvalue weighted by atomic mass is 9.77. The van der Waals surface area contributed by atoms with Gasteiger partial charge in [-0.2, -0.15) is 0 Å². The minimum Gasteiger partial charge on any atom is -0.295 e. The maximum Gasteiger partial charge on any atom is 0.159 e. The first-order chi connectivity index (χ1) is 7.19. The zero-order valence-corrected chi connectivity index (χ0v) is 8.82. The molecule has 0 aliphatic heterocycles. The van der Waals surface area contributed by atoms with Crippen LogP contribution in [0.3, 0.4) is 0 Å². The monoisotopic (exact) mass is 204 g/mol. The lowest BCUT2D eigenvalue weighted by Crippen LogP contribution is -2.27. The van der Waals surface area contributed by atoms with Crippen LogP contribution < -0.4 is 0 Å². The van der Waals surface area contributed by atoms with Gasteiger partial charge in [0, 0.05) is 12.3 Å². The van der Waals surface area contributed by atoms with Gasteiger partial charge in [-0.3, -0.25) is 9.59 Å². The van der Waals surface area contributed by atoms with E-state index in [1.807, 2.05) is 12.2 Å². The van der Waals surface area contributed by atoms with Gasteiger partial charge in [0.1, 0.15) is 0 Å². The van der Waals surface area contributed by atoms with Crippen LogP contribution in [0.4, 0.5) is 0 Å². The summed E-state index contributed by atoms with van der Waals surface area (Å²) in [5.41, 5.74) is 0. The van der Waals surface area contributed by atoms with Gasteiger partial charge < -0.3 is 0 Å². The molecule has 0 saturated carbocycles. The van der Waals surface area contributed by atoms with E-state index in [1.165, 1.54) is 6.08 Å². The number of allylic oxidation sites excluding steroid dienone is 4. The van der Waals surface area contributed by atoms with E-state index in [9.17, 15) is 9.59 Å². The van der Waals surface area contributed by atoms with Gasteiger partial charge in [-0.15, -0.1) is 6.58 Å². The van der Waals surface area contributed by atoms with Crippen molar-refractivity contribution in [2.45, 2.75) is 19.3 Å². The van der Waals surface area contributed by atoms with Crippen molar-refractivity contribution >= 4 is 11.6 Å². The standard InChI is InChI=1S/C13H16O2/c1-3-6-10-7-5-8-13(15)12(10)9-11(14)4-2/h3-5,8,10,12H,1-2,6-7,9H2/t10-,12?/m1/s1. The lowest BCUT2D eigenvalue weighted by molar-refractivity contribution is -0.125. The molecule has 0 N–H and O–H groups in total. The Morgan fingerprint density at radius 1 is 1.53 bits per heavy atom. The molecule has 0 spiro atoms. The Morgan fingerprint density at radius 2 is 2.27 bits per heavy atom. The van der Waals surface area contributed by atoms with Crippen molar-refractivity contribution in [1.29, 1.82) is 0 Å². The van der Waals surface area contributed by atoms with E-state index in [0.717, 1.165) is 12.8 Å². The van der Waals surface area contributed by atoms with Crippen molar-refractivity contribution in [2.24, 2.45) is 11.8 Å². The van der Waals surface area contributed by atoms with E-state index in [0.29, 0.717) is 0 Å². The first-order valence-corrected chi connectivity index (χ1v) is 5.15. The number of carbonyl (C=O) groups excluding carboxylic acids is 2. The molecular formula is C13H16O2. The molecule has 0 saturated heterocycles. The summed E-state index contributed by atoms with van der Waals surface area (Å²) < 4.78 is 0. The van der Waals surface area contributed by atoms with Gasteiger partial charge in [0.25, 0.3) is 0 Å². The molecule has 0 aromatic rings. The van der Waals surface area contributed by atoms with Gasteiger partial charge in [0.15, 0.2) is 11.6 Å². The van der Waals surface area contributed by atoms with Crippen LogP contribution in [0.25, 0.3) is 0 Å². The fraction of sp³-hybridized carbons (Fsp3) is 0.385. The van der Waals surface area contributed by atoms with E-state index >= 15 is 0 Å². The number of rotatable bonds is 5. The second-order valence-corrected chi connectivity index (χ2v) is 3.81. The molecule has 1 unspecified atom stereocenters. The molecule has 0 amide bonds. The molecule has 0 heterocycles. The van der Waals surface area contributed by atoms with Crippen LogP contribution in [0, 0.1) is 11.8 Å². The highest BCUT2D eigenvalue weighted by molar-refractivity contribution is 5.98. The highest BCUT2D eigenvalue weighted by Gasteiger charge is 2.29. The largest absolute Gasteiger partial charge is 0.295 e. The normalized spacial score (nSPS) is 24.9. The third-order valence-corrected chi connectivity index (χ3v) is 2.77. The highest BCUT2D eigenvalue weighted by atomic mass is 16.1. The van der Waals surface area contributed by atoms with Crippen molar-refractivity contribution in [3.63, 3.8) is 0 Å². The van der Waals surface area contributed by atoms with Crippen LogP contribution in [0.1, 0.15) is 19.3 Å². The van der Waals surface area contributed by atoms with Gasteiger partial charge in [-0.1, -0.05) is 18.7 Å². The van der Waals surface area contributed by atoms with Gasteiger partial charge >= 0.3 is 0 Å². The van der Waals surface area contributed by atoms with Gasteiger partial charge in [-0.25, -0.2) is 0 Å². The second-order valence-electron chi connectivity index (χ2n) is 3.81. The van der Waals surface area contributed by atoms with E-state index < -0.39 is 0 Å². The van der Waals surface area contributed by atoms with E-state index in [1.54, 1.807) is 6.08 Å². The summed E-state index contributed by atoms with van der Waals surface area (Å²) in [5.74, 6) is 0.0448. The summed E-state index contributed by atoms with van der Waals surface area (Å²) in [4.78, 5) is 22.9. The average Bonchev–Trinajstić information content (AvgIpc) is 2.23. The Labute approximate surface area is 90.4 Å². The number of ketones is 2. The third kappa shape index (κ3) is 3.01. The van der Waals surface area contributed by atoms with Crippen LogP contribution in [0.5, 0.6) is 0 Å². The molecule has 0 fully saturated rings. The van der Waals surface area contributed by atoms with E-state index in [2.05, 4.69) is 13.2 Å². The predicted molar refractivity (Wildman–Crippen MR) is 60.4 cm³/mol. The van der Waals surface area contributed by atoms with Gasteiger partial charge in [0.05, 0.1) is 0 Å². The maximum absolute atomic E-state index is 11.6. The Hall–Kier alpha value is -1.44. The molecule has 2 nitrogen and oxygen atoms in total. The molecule has 0 aromatic carbocycles. The quantitative estimate of drug-likeness (QED) is 0.509. The van der Waals surface area contributed by atoms with E-state index in [-0.39, 0.29) is 29.8 Å². The maximum atomic E-state index is 11.6. The van der Waals surface area contributed by atoms with Crippen LogP contribution in [0.15, 0.2) is 37.5 Å². The predicted octanol–water partition coefficient (Wildman–Crippen LogP) is 2.47.